The molecule has 0 unspecified atom stereocenters. The van der Waals surface area contributed by atoms with Crippen LogP contribution in [0, 0.1) is 17.9 Å². The van der Waals surface area contributed by atoms with Crippen LogP contribution >= 0.6 is 0 Å². The van der Waals surface area contributed by atoms with Crippen LogP contribution in [0.25, 0.3) is 49.4 Å². The first kappa shape index (κ1) is 27.6. The van der Waals surface area contributed by atoms with Gasteiger partial charge in [-0.05, 0) is 92.0 Å². The summed E-state index contributed by atoms with van der Waals surface area (Å²) in [6.45, 7) is 7.47. The van der Waals surface area contributed by atoms with Gasteiger partial charge in [-0.25, -0.2) is 4.85 Å². The zero-order chi connectivity index (χ0) is 32.2. The Hall–Kier alpha value is -6.68. The molecule has 9 rings (SSSR count). The van der Waals surface area contributed by atoms with Crippen molar-refractivity contribution in [3.05, 3.63) is 197 Å². The Morgan fingerprint density at radius 3 is 1.44 bits per heavy atom. The van der Waals surface area contributed by atoms with E-state index in [-0.39, 0.29) is 0 Å². The van der Waals surface area contributed by atoms with Crippen LogP contribution in [0.5, 0.6) is 11.5 Å². The molecule has 0 radical (unpaired) electrons. The number of ether oxygens (including phenoxy) is 1. The van der Waals surface area contributed by atoms with E-state index in [1.807, 2.05) is 60.7 Å². The molecule has 0 fully saturated rings. The summed E-state index contributed by atoms with van der Waals surface area (Å²) in [5.74, 6) is 1.66. The van der Waals surface area contributed by atoms with Crippen molar-refractivity contribution in [2.75, 3.05) is 0 Å². The molecular weight excluding hydrogens is 585 g/mol. The third-order valence-corrected chi connectivity index (χ3v) is 9.83. The van der Waals surface area contributed by atoms with Crippen molar-refractivity contribution in [2.45, 2.75) is 5.41 Å². The van der Waals surface area contributed by atoms with E-state index in [4.69, 9.17) is 11.3 Å². The molecule has 7 aromatic rings. The van der Waals surface area contributed by atoms with Gasteiger partial charge in [-0.2, -0.15) is 5.26 Å². The number of fused-ring (bicyclic) bond motifs is 11. The van der Waals surface area contributed by atoms with E-state index in [1.54, 1.807) is 0 Å². The standard InChI is InChI=1S/C45H26N2O/c1-47-34-22-18-31(19-23-34)33-21-25-38-36-9-3-2-8-35(36)37-24-20-32(30-16-14-29(28-46)15-17-30)26-41(37)45(42(38)27-33)39-10-4-6-12-43(39)48-44-13-7-5-11-40(44)45/h2-27H. The van der Waals surface area contributed by atoms with Crippen LogP contribution in [0.1, 0.15) is 27.8 Å². The highest BCUT2D eigenvalue weighted by Gasteiger charge is 2.49. The van der Waals surface area contributed by atoms with Crippen molar-refractivity contribution in [3.63, 3.8) is 0 Å². The Bertz CT molecular complexity index is 2320. The molecule has 1 aliphatic heterocycles. The molecule has 0 N–H and O–H groups in total. The molecule has 3 heteroatoms. The van der Waals surface area contributed by atoms with Crippen LogP contribution in [0.4, 0.5) is 5.69 Å². The Labute approximate surface area is 279 Å². The first-order valence-electron chi connectivity index (χ1n) is 15.9. The highest BCUT2D eigenvalue weighted by Crippen LogP contribution is 2.61. The van der Waals surface area contributed by atoms with Crippen molar-refractivity contribution in [1.82, 2.24) is 0 Å². The maximum absolute atomic E-state index is 9.48. The number of nitriles is 1. The maximum atomic E-state index is 9.48. The number of nitrogens with zero attached hydrogens (tertiary/aromatic N) is 2. The van der Waals surface area contributed by atoms with E-state index in [1.165, 1.54) is 22.3 Å². The van der Waals surface area contributed by atoms with Gasteiger partial charge in [0.1, 0.15) is 11.5 Å². The molecule has 48 heavy (non-hydrogen) atoms. The first-order valence-corrected chi connectivity index (χ1v) is 15.9. The van der Waals surface area contributed by atoms with Gasteiger partial charge in [-0.15, -0.1) is 0 Å². The summed E-state index contributed by atoms with van der Waals surface area (Å²) < 4.78 is 6.67. The number of benzene rings is 7. The highest BCUT2D eigenvalue weighted by atomic mass is 16.5. The topological polar surface area (TPSA) is 37.4 Å². The van der Waals surface area contributed by atoms with Gasteiger partial charge in [0, 0.05) is 11.1 Å². The average Bonchev–Trinajstić information content (AvgIpc) is 3.26. The fraction of sp³-hybridized carbons (Fsp3) is 0.0222. The monoisotopic (exact) mass is 610 g/mol. The summed E-state index contributed by atoms with van der Waals surface area (Å²) in [4.78, 5) is 3.62. The molecule has 0 amide bonds. The second-order valence-electron chi connectivity index (χ2n) is 12.3. The minimum atomic E-state index is -0.746. The zero-order valence-corrected chi connectivity index (χ0v) is 25.8. The average molecular weight is 611 g/mol. The lowest BCUT2D eigenvalue weighted by Crippen LogP contribution is -2.34. The fourth-order valence-corrected chi connectivity index (χ4v) is 7.68. The molecule has 2 aliphatic rings. The molecule has 3 nitrogen and oxygen atoms in total. The Balaban J connectivity index is 1.46. The SMILES string of the molecule is [C-]#[N+]c1ccc(-c2ccc3c(c2)C2(c4ccccc4Oc4ccccc42)c2cc(-c4ccc(C#N)cc4)ccc2-c2ccccc2-3)cc1. The van der Waals surface area contributed by atoms with Crippen LogP contribution in [0.2, 0.25) is 0 Å². The Morgan fingerprint density at radius 1 is 0.479 bits per heavy atom. The van der Waals surface area contributed by atoms with Crippen molar-refractivity contribution in [2.24, 2.45) is 0 Å². The van der Waals surface area contributed by atoms with Gasteiger partial charge < -0.3 is 4.74 Å². The number of hydrogen-bond donors (Lipinski definition) is 0. The van der Waals surface area contributed by atoms with Crippen molar-refractivity contribution >= 4 is 5.69 Å². The maximum Gasteiger partial charge on any atom is 0.187 e. The van der Waals surface area contributed by atoms with Crippen molar-refractivity contribution < 1.29 is 4.74 Å². The van der Waals surface area contributed by atoms with Gasteiger partial charge in [-0.1, -0.05) is 121 Å². The number of rotatable bonds is 2. The van der Waals surface area contributed by atoms with E-state index in [9.17, 15) is 5.26 Å². The van der Waals surface area contributed by atoms with E-state index in [2.05, 4.69) is 108 Å². The van der Waals surface area contributed by atoms with Crippen molar-refractivity contribution in [1.29, 1.82) is 5.26 Å². The van der Waals surface area contributed by atoms with Crippen molar-refractivity contribution in [3.8, 4) is 62.1 Å². The number of para-hydroxylation sites is 2. The molecule has 0 bridgehead atoms. The van der Waals surface area contributed by atoms with Gasteiger partial charge >= 0.3 is 0 Å². The highest BCUT2D eigenvalue weighted by molar-refractivity contribution is 5.95. The molecule has 7 aromatic carbocycles. The van der Waals surface area contributed by atoms with E-state index >= 15 is 0 Å². The fourth-order valence-electron chi connectivity index (χ4n) is 7.68. The lowest BCUT2D eigenvalue weighted by Gasteiger charge is -2.42. The molecule has 0 saturated carbocycles. The summed E-state index contributed by atoms with van der Waals surface area (Å²) in [5.41, 5.74) is 13.9. The summed E-state index contributed by atoms with van der Waals surface area (Å²) >= 11 is 0. The summed E-state index contributed by atoms with van der Waals surface area (Å²) in [7, 11) is 0. The smallest absolute Gasteiger partial charge is 0.187 e. The van der Waals surface area contributed by atoms with Gasteiger partial charge in [0.15, 0.2) is 5.69 Å². The van der Waals surface area contributed by atoms with Crippen LogP contribution in [-0.4, -0.2) is 0 Å². The van der Waals surface area contributed by atoms with Crippen LogP contribution in [-0.2, 0) is 5.41 Å². The molecule has 1 spiro atoms. The van der Waals surface area contributed by atoms with Crippen LogP contribution in [0.3, 0.4) is 0 Å². The third-order valence-electron chi connectivity index (χ3n) is 9.83. The minimum absolute atomic E-state index is 0.621. The largest absolute Gasteiger partial charge is 0.457 e. The van der Waals surface area contributed by atoms with Gasteiger partial charge in [0.25, 0.3) is 0 Å². The van der Waals surface area contributed by atoms with E-state index in [0.29, 0.717) is 11.3 Å². The van der Waals surface area contributed by atoms with Crippen LogP contribution in [0.15, 0.2) is 158 Å². The second kappa shape index (κ2) is 10.7. The Morgan fingerprint density at radius 2 is 0.938 bits per heavy atom. The van der Waals surface area contributed by atoms with E-state index < -0.39 is 5.41 Å². The molecule has 1 heterocycles. The lowest BCUT2D eigenvalue weighted by atomic mass is 9.61. The van der Waals surface area contributed by atoms with Gasteiger partial charge in [0.2, 0.25) is 0 Å². The molecular formula is C45H26N2O. The molecule has 0 atom stereocenters. The zero-order valence-electron chi connectivity index (χ0n) is 25.8. The lowest BCUT2D eigenvalue weighted by molar-refractivity contribution is 0.435. The van der Waals surface area contributed by atoms with Crippen LogP contribution < -0.4 is 4.74 Å². The normalized spacial score (nSPS) is 12.9. The molecule has 0 saturated heterocycles. The predicted octanol–water partition coefficient (Wildman–Crippen LogP) is 11.6. The minimum Gasteiger partial charge on any atom is -0.457 e. The summed E-state index contributed by atoms with van der Waals surface area (Å²) in [6.07, 6.45) is 0. The Kier molecular flexibility index (Phi) is 6.16. The first-order chi connectivity index (χ1) is 23.7. The van der Waals surface area contributed by atoms with E-state index in [0.717, 1.165) is 56.0 Å². The summed E-state index contributed by atoms with van der Waals surface area (Å²) in [5, 5.41) is 9.48. The second-order valence-corrected chi connectivity index (χ2v) is 12.3. The summed E-state index contributed by atoms with van der Waals surface area (Å²) in [6, 6.07) is 57.1. The molecule has 1 aliphatic carbocycles. The predicted molar refractivity (Wildman–Crippen MR) is 191 cm³/mol. The third kappa shape index (κ3) is 3.99. The molecule has 222 valence electrons. The quantitative estimate of drug-likeness (QED) is 0.183. The van der Waals surface area contributed by atoms with Gasteiger partial charge in [0.05, 0.1) is 23.6 Å². The number of hydrogen-bond acceptors (Lipinski definition) is 2. The molecule has 0 aromatic heterocycles. The van der Waals surface area contributed by atoms with Gasteiger partial charge in [-0.3, -0.25) is 0 Å².